The van der Waals surface area contributed by atoms with Gasteiger partial charge in [-0.15, -0.1) is 0 Å². The smallest absolute Gasteiger partial charge is 0.226 e. The van der Waals surface area contributed by atoms with Gasteiger partial charge in [-0.3, -0.25) is 4.79 Å². The van der Waals surface area contributed by atoms with Crippen LogP contribution in [0.15, 0.2) is 30.6 Å². The number of aromatic nitrogens is 2. The number of halogens is 2. The van der Waals surface area contributed by atoms with Crippen molar-refractivity contribution in [2.75, 3.05) is 27.2 Å². The number of benzene rings is 1. The Hall–Kier alpha value is -1.56. The number of hydrogen-bond acceptors (Lipinski definition) is 3. The molecule has 1 aromatic carbocycles. The first kappa shape index (κ1) is 19.2. The van der Waals surface area contributed by atoms with Gasteiger partial charge in [0.1, 0.15) is 5.82 Å². The number of nitrogens with zero attached hydrogens (tertiary/aromatic N) is 4. The molecule has 2 aromatic rings. The van der Waals surface area contributed by atoms with Gasteiger partial charge in [-0.2, -0.15) is 0 Å². The van der Waals surface area contributed by atoms with Crippen LogP contribution in [0.1, 0.15) is 24.2 Å². The van der Waals surface area contributed by atoms with E-state index in [1.165, 1.54) is 0 Å². The molecule has 1 saturated carbocycles. The summed E-state index contributed by atoms with van der Waals surface area (Å²) in [5.41, 5.74) is 0.976. The summed E-state index contributed by atoms with van der Waals surface area (Å²) in [7, 11) is 4.03. The van der Waals surface area contributed by atoms with Crippen LogP contribution in [0, 0.1) is 5.92 Å². The van der Waals surface area contributed by atoms with Crippen LogP contribution in [-0.4, -0.2) is 52.4 Å². The zero-order valence-electron chi connectivity index (χ0n) is 15.2. The lowest BCUT2D eigenvalue weighted by Gasteiger charge is -2.24. The Morgan fingerprint density at radius 1 is 1.27 bits per heavy atom. The maximum Gasteiger partial charge on any atom is 0.226 e. The van der Waals surface area contributed by atoms with E-state index in [2.05, 4.69) is 9.88 Å². The van der Waals surface area contributed by atoms with E-state index in [0.29, 0.717) is 29.7 Å². The summed E-state index contributed by atoms with van der Waals surface area (Å²) >= 11 is 12.3. The summed E-state index contributed by atoms with van der Waals surface area (Å²) in [5.74, 6) is 1.31. The van der Waals surface area contributed by atoms with Gasteiger partial charge in [0.25, 0.3) is 0 Å². The minimum atomic E-state index is 0.200. The van der Waals surface area contributed by atoms with E-state index in [4.69, 9.17) is 23.2 Å². The molecule has 1 aliphatic carbocycles. The van der Waals surface area contributed by atoms with Gasteiger partial charge in [0, 0.05) is 41.4 Å². The molecule has 5 nitrogen and oxygen atoms in total. The topological polar surface area (TPSA) is 41.4 Å². The van der Waals surface area contributed by atoms with Gasteiger partial charge in [0.05, 0.1) is 13.1 Å². The number of rotatable bonds is 8. The molecular formula is C19H24Cl2N4O. The monoisotopic (exact) mass is 394 g/mol. The number of imidazole rings is 1. The van der Waals surface area contributed by atoms with Crippen LogP contribution in [0.5, 0.6) is 0 Å². The highest BCUT2D eigenvalue weighted by molar-refractivity contribution is 6.35. The van der Waals surface area contributed by atoms with Crippen LogP contribution in [0.2, 0.25) is 10.0 Å². The SMILES string of the molecule is CN(C)CCN(Cc1nccn1Cc1ccc(Cl)cc1Cl)C(=O)C1CC1. The molecule has 26 heavy (non-hydrogen) atoms. The van der Waals surface area contributed by atoms with Crippen molar-refractivity contribution in [2.45, 2.75) is 25.9 Å². The van der Waals surface area contributed by atoms with E-state index in [9.17, 15) is 4.79 Å². The highest BCUT2D eigenvalue weighted by Crippen LogP contribution is 2.31. The van der Waals surface area contributed by atoms with Crippen LogP contribution < -0.4 is 0 Å². The average molecular weight is 395 g/mol. The highest BCUT2D eigenvalue weighted by Gasteiger charge is 2.33. The van der Waals surface area contributed by atoms with E-state index in [1.807, 2.05) is 41.9 Å². The lowest BCUT2D eigenvalue weighted by atomic mass is 10.2. The number of likely N-dealkylation sites (N-methyl/N-ethyl adjacent to an activating group) is 1. The third-order valence-electron chi connectivity index (χ3n) is 4.55. The molecule has 0 atom stereocenters. The van der Waals surface area contributed by atoms with Crippen LogP contribution in [-0.2, 0) is 17.9 Å². The number of hydrogen-bond donors (Lipinski definition) is 0. The van der Waals surface area contributed by atoms with Crippen molar-refractivity contribution in [3.05, 3.63) is 52.0 Å². The quantitative estimate of drug-likeness (QED) is 0.687. The van der Waals surface area contributed by atoms with Crippen molar-refractivity contribution in [2.24, 2.45) is 5.92 Å². The van der Waals surface area contributed by atoms with E-state index in [1.54, 1.807) is 12.3 Å². The molecule has 0 bridgehead atoms. The summed E-state index contributed by atoms with van der Waals surface area (Å²) in [6.07, 6.45) is 5.70. The Labute approximate surface area is 164 Å². The van der Waals surface area contributed by atoms with Gasteiger partial charge in [-0.05, 0) is 44.6 Å². The zero-order chi connectivity index (χ0) is 18.7. The van der Waals surface area contributed by atoms with Gasteiger partial charge in [0.15, 0.2) is 0 Å². The summed E-state index contributed by atoms with van der Waals surface area (Å²) in [6, 6.07) is 5.50. The van der Waals surface area contributed by atoms with Gasteiger partial charge in [-0.25, -0.2) is 4.98 Å². The Balaban J connectivity index is 1.73. The van der Waals surface area contributed by atoms with Crippen molar-refractivity contribution < 1.29 is 4.79 Å². The Kier molecular flexibility index (Phi) is 6.22. The number of amides is 1. The molecule has 0 N–H and O–H groups in total. The summed E-state index contributed by atoms with van der Waals surface area (Å²) in [4.78, 5) is 21.1. The minimum Gasteiger partial charge on any atom is -0.334 e. The molecule has 0 saturated heterocycles. The lowest BCUT2D eigenvalue weighted by Crippen LogP contribution is -2.37. The van der Waals surface area contributed by atoms with Crippen molar-refractivity contribution in [1.82, 2.24) is 19.4 Å². The fraction of sp³-hybridized carbons (Fsp3) is 0.474. The van der Waals surface area contributed by atoms with Crippen LogP contribution in [0.25, 0.3) is 0 Å². The second-order valence-electron chi connectivity index (χ2n) is 7.04. The molecule has 7 heteroatoms. The fourth-order valence-electron chi connectivity index (χ4n) is 2.82. The Bertz CT molecular complexity index is 771. The Morgan fingerprint density at radius 3 is 2.69 bits per heavy atom. The van der Waals surface area contributed by atoms with Gasteiger partial charge in [0.2, 0.25) is 5.91 Å². The van der Waals surface area contributed by atoms with Crippen molar-refractivity contribution in [3.63, 3.8) is 0 Å². The molecule has 1 aromatic heterocycles. The van der Waals surface area contributed by atoms with Gasteiger partial charge in [-0.1, -0.05) is 29.3 Å². The summed E-state index contributed by atoms with van der Waals surface area (Å²) in [5, 5.41) is 1.25. The molecule has 3 rings (SSSR count). The maximum atomic E-state index is 12.6. The minimum absolute atomic E-state index is 0.200. The van der Waals surface area contributed by atoms with Gasteiger partial charge < -0.3 is 14.4 Å². The molecule has 140 valence electrons. The first-order chi connectivity index (χ1) is 12.4. The van der Waals surface area contributed by atoms with Crippen LogP contribution >= 0.6 is 23.2 Å². The molecule has 1 heterocycles. The van der Waals surface area contributed by atoms with E-state index in [-0.39, 0.29) is 11.8 Å². The molecule has 0 aliphatic heterocycles. The lowest BCUT2D eigenvalue weighted by molar-refractivity contribution is -0.133. The summed E-state index contributed by atoms with van der Waals surface area (Å²) in [6.45, 7) is 2.66. The normalized spacial score (nSPS) is 14.0. The van der Waals surface area contributed by atoms with E-state index >= 15 is 0 Å². The van der Waals surface area contributed by atoms with Crippen molar-refractivity contribution >= 4 is 29.1 Å². The standard InChI is InChI=1S/C19H24Cl2N4O/c1-23(2)9-10-25(19(26)14-3-4-14)13-18-22-7-8-24(18)12-15-5-6-16(20)11-17(15)21/h5-8,11,14H,3-4,9-10,12-13H2,1-2H3. The largest absolute Gasteiger partial charge is 0.334 e. The second kappa shape index (κ2) is 8.42. The molecule has 0 radical (unpaired) electrons. The summed E-state index contributed by atoms with van der Waals surface area (Å²) < 4.78 is 2.04. The first-order valence-corrected chi connectivity index (χ1v) is 9.57. The predicted molar refractivity (Wildman–Crippen MR) is 104 cm³/mol. The van der Waals surface area contributed by atoms with Crippen LogP contribution in [0.3, 0.4) is 0 Å². The van der Waals surface area contributed by atoms with Crippen molar-refractivity contribution in [1.29, 1.82) is 0 Å². The molecule has 1 fully saturated rings. The average Bonchev–Trinajstić information content (AvgIpc) is 3.35. The zero-order valence-corrected chi connectivity index (χ0v) is 16.7. The Morgan fingerprint density at radius 2 is 2.04 bits per heavy atom. The highest BCUT2D eigenvalue weighted by atomic mass is 35.5. The molecule has 1 aliphatic rings. The predicted octanol–water partition coefficient (Wildman–Crippen LogP) is 3.54. The first-order valence-electron chi connectivity index (χ1n) is 8.81. The van der Waals surface area contributed by atoms with Crippen LogP contribution in [0.4, 0.5) is 0 Å². The second-order valence-corrected chi connectivity index (χ2v) is 7.89. The third kappa shape index (κ3) is 5.00. The van der Waals surface area contributed by atoms with E-state index < -0.39 is 0 Å². The van der Waals surface area contributed by atoms with E-state index in [0.717, 1.165) is 30.8 Å². The molecule has 0 unspecified atom stereocenters. The maximum absolute atomic E-state index is 12.6. The number of carbonyl (C=O) groups excluding carboxylic acids is 1. The molecule has 1 amide bonds. The van der Waals surface area contributed by atoms with Crippen molar-refractivity contribution in [3.8, 4) is 0 Å². The number of carbonyl (C=O) groups is 1. The fourth-order valence-corrected chi connectivity index (χ4v) is 3.28. The third-order valence-corrected chi connectivity index (χ3v) is 5.13. The van der Waals surface area contributed by atoms with Gasteiger partial charge >= 0.3 is 0 Å². The molecular weight excluding hydrogens is 371 g/mol. The molecule has 0 spiro atoms.